The second-order valence-corrected chi connectivity index (χ2v) is 2.26. The van der Waals surface area contributed by atoms with Gasteiger partial charge in [0.2, 0.25) is 0 Å². The molecule has 44 valence electrons. The molecule has 7 heavy (non-hydrogen) atoms. The molecule has 0 radical (unpaired) electrons. The molecule has 0 bridgehead atoms. The molecule has 0 rings (SSSR count). The van der Waals surface area contributed by atoms with Gasteiger partial charge in [0.05, 0.1) is 6.10 Å². The van der Waals surface area contributed by atoms with Crippen LogP contribution in [-0.2, 0) is 11.1 Å². The van der Waals surface area contributed by atoms with Crippen molar-refractivity contribution in [2.24, 2.45) is 0 Å². The van der Waals surface area contributed by atoms with Gasteiger partial charge in [0, 0.05) is 5.75 Å². The van der Waals surface area contributed by atoms with E-state index in [2.05, 4.69) is 0 Å². The number of aliphatic hydroxyl groups excluding tert-OH is 1. The number of aliphatic hydroxyl groups is 1. The lowest BCUT2D eigenvalue weighted by atomic mass is 10.5. The molecule has 0 aliphatic heterocycles. The monoisotopic (exact) mass is 123 g/mol. The van der Waals surface area contributed by atoms with Crippen molar-refractivity contribution in [3.63, 3.8) is 0 Å². The van der Waals surface area contributed by atoms with E-state index >= 15 is 0 Å². The molecule has 0 spiro atoms. The van der Waals surface area contributed by atoms with Crippen molar-refractivity contribution in [3.05, 3.63) is 0 Å². The average molecular weight is 123 g/mol. The Morgan fingerprint density at radius 2 is 2.43 bits per heavy atom. The first-order valence-corrected chi connectivity index (χ1v) is 3.11. The van der Waals surface area contributed by atoms with Gasteiger partial charge in [-0.15, -0.1) is 0 Å². The number of hydrogen-bond donors (Lipinski definition) is 1. The van der Waals surface area contributed by atoms with Crippen LogP contribution in [0.3, 0.4) is 0 Å². The third-order valence-corrected chi connectivity index (χ3v) is 1.13. The van der Waals surface area contributed by atoms with Crippen molar-refractivity contribution in [2.75, 3.05) is 5.75 Å². The molecular formula is C3H7O3S-. The molecule has 1 N–H and O–H groups in total. The van der Waals surface area contributed by atoms with Crippen molar-refractivity contribution in [2.45, 2.75) is 13.0 Å². The molecule has 2 unspecified atom stereocenters. The molecule has 4 heteroatoms. The molecule has 0 aromatic carbocycles. The van der Waals surface area contributed by atoms with E-state index in [0.29, 0.717) is 0 Å². The quantitative estimate of drug-likeness (QED) is 0.491. The molecule has 0 aliphatic carbocycles. The summed E-state index contributed by atoms with van der Waals surface area (Å²) in [6, 6.07) is 0. The van der Waals surface area contributed by atoms with E-state index in [1.165, 1.54) is 6.92 Å². The zero-order valence-electron chi connectivity index (χ0n) is 3.96. The molecule has 0 heterocycles. The Morgan fingerprint density at radius 1 is 2.00 bits per heavy atom. The summed E-state index contributed by atoms with van der Waals surface area (Å²) in [5, 5.41) is 8.33. The van der Waals surface area contributed by atoms with E-state index in [-0.39, 0.29) is 5.75 Å². The lowest BCUT2D eigenvalue weighted by Gasteiger charge is -2.04. The van der Waals surface area contributed by atoms with Gasteiger partial charge in [0.15, 0.2) is 0 Å². The van der Waals surface area contributed by atoms with Crippen LogP contribution < -0.4 is 0 Å². The Balaban J connectivity index is 3.13. The van der Waals surface area contributed by atoms with E-state index < -0.39 is 17.2 Å². The highest BCUT2D eigenvalue weighted by atomic mass is 32.2. The third-order valence-electron chi connectivity index (χ3n) is 0.377. The maximum absolute atomic E-state index is 9.65. The summed E-state index contributed by atoms with van der Waals surface area (Å²) in [6.07, 6.45) is -0.738. The molecule has 0 fully saturated rings. The van der Waals surface area contributed by atoms with Crippen LogP contribution >= 0.6 is 0 Å². The lowest BCUT2D eigenvalue weighted by Crippen LogP contribution is -2.10. The average Bonchev–Trinajstić information content (AvgIpc) is 1.27. The topological polar surface area (TPSA) is 60.4 Å². The second kappa shape index (κ2) is 3.12. The molecule has 3 nitrogen and oxygen atoms in total. The van der Waals surface area contributed by atoms with E-state index in [4.69, 9.17) is 5.11 Å². The second-order valence-electron chi connectivity index (χ2n) is 1.32. The predicted octanol–water partition coefficient (Wildman–Crippen LogP) is -0.754. The minimum Gasteiger partial charge on any atom is -0.772 e. The largest absolute Gasteiger partial charge is 0.772 e. The molecule has 0 aromatic heterocycles. The van der Waals surface area contributed by atoms with Crippen molar-refractivity contribution >= 4 is 11.1 Å². The summed E-state index contributed by atoms with van der Waals surface area (Å²) in [7, 11) is 0. The Labute approximate surface area is 44.6 Å². The highest BCUT2D eigenvalue weighted by Gasteiger charge is 1.90. The fraction of sp³-hybridized carbons (Fsp3) is 1.00. The van der Waals surface area contributed by atoms with Gasteiger partial charge in [-0.2, -0.15) is 0 Å². The van der Waals surface area contributed by atoms with Gasteiger partial charge in [-0.1, -0.05) is 11.1 Å². The molecule has 0 saturated carbocycles. The SMILES string of the molecule is CC(O)CS(=O)[O-]. The van der Waals surface area contributed by atoms with Gasteiger partial charge in [0.1, 0.15) is 0 Å². The maximum Gasteiger partial charge on any atom is 0.0616 e. The third kappa shape index (κ3) is 6.07. The van der Waals surface area contributed by atoms with Crippen molar-refractivity contribution in [1.82, 2.24) is 0 Å². The first-order chi connectivity index (χ1) is 3.13. The number of rotatable bonds is 2. The highest BCUT2D eigenvalue weighted by Crippen LogP contribution is 1.80. The first kappa shape index (κ1) is 7.07. The lowest BCUT2D eigenvalue weighted by molar-refractivity contribution is 0.217. The van der Waals surface area contributed by atoms with Gasteiger partial charge in [-0.3, -0.25) is 4.21 Å². The highest BCUT2D eigenvalue weighted by molar-refractivity contribution is 7.79. The molecule has 2 atom stereocenters. The molecule has 0 aromatic rings. The van der Waals surface area contributed by atoms with Gasteiger partial charge < -0.3 is 9.66 Å². The van der Waals surface area contributed by atoms with E-state index in [0.717, 1.165) is 0 Å². The van der Waals surface area contributed by atoms with Crippen LogP contribution in [0.5, 0.6) is 0 Å². The van der Waals surface area contributed by atoms with Crippen molar-refractivity contribution < 1.29 is 13.9 Å². The normalized spacial score (nSPS) is 18.7. The standard InChI is InChI=1S/C3H8O3S/c1-3(4)2-7(5)6/h3-4H,2H2,1H3,(H,5,6)/p-1. The summed E-state index contributed by atoms with van der Waals surface area (Å²) < 4.78 is 19.3. The van der Waals surface area contributed by atoms with Crippen LogP contribution in [0, 0.1) is 0 Å². The summed E-state index contributed by atoms with van der Waals surface area (Å²) >= 11 is -2.10. The summed E-state index contributed by atoms with van der Waals surface area (Å²) in [5.74, 6) is -0.167. The van der Waals surface area contributed by atoms with Crippen LogP contribution in [0.1, 0.15) is 6.92 Å². The summed E-state index contributed by atoms with van der Waals surface area (Å²) in [4.78, 5) is 0. The van der Waals surface area contributed by atoms with Crippen LogP contribution in [0.4, 0.5) is 0 Å². The molecular weight excluding hydrogens is 116 g/mol. The zero-order chi connectivity index (χ0) is 5.86. The van der Waals surface area contributed by atoms with E-state index in [9.17, 15) is 8.76 Å². The van der Waals surface area contributed by atoms with Gasteiger partial charge >= 0.3 is 0 Å². The van der Waals surface area contributed by atoms with Crippen molar-refractivity contribution in [3.8, 4) is 0 Å². The fourth-order valence-corrected chi connectivity index (χ4v) is 0.591. The Hall–Kier alpha value is 0.0700. The minimum absolute atomic E-state index is 0.167. The van der Waals surface area contributed by atoms with Crippen LogP contribution in [0.25, 0.3) is 0 Å². The van der Waals surface area contributed by atoms with Crippen LogP contribution in [0.2, 0.25) is 0 Å². The van der Waals surface area contributed by atoms with Crippen LogP contribution in [-0.4, -0.2) is 25.7 Å². The first-order valence-electron chi connectivity index (χ1n) is 1.87. The fourth-order valence-electron chi connectivity index (χ4n) is 0.197. The molecule has 0 aliphatic rings. The zero-order valence-corrected chi connectivity index (χ0v) is 4.77. The van der Waals surface area contributed by atoms with Crippen molar-refractivity contribution in [1.29, 1.82) is 0 Å². The summed E-state index contributed by atoms with van der Waals surface area (Å²) in [5.41, 5.74) is 0. The maximum atomic E-state index is 9.65. The Kier molecular flexibility index (Phi) is 3.15. The van der Waals surface area contributed by atoms with Crippen LogP contribution in [0.15, 0.2) is 0 Å². The van der Waals surface area contributed by atoms with Gasteiger partial charge in [-0.05, 0) is 6.92 Å². The summed E-state index contributed by atoms with van der Waals surface area (Å²) in [6.45, 7) is 1.43. The van der Waals surface area contributed by atoms with Gasteiger partial charge in [-0.25, -0.2) is 0 Å². The van der Waals surface area contributed by atoms with E-state index in [1.807, 2.05) is 0 Å². The minimum atomic E-state index is -2.10. The molecule has 0 amide bonds. The number of hydrogen-bond acceptors (Lipinski definition) is 3. The predicted molar refractivity (Wildman–Crippen MR) is 25.5 cm³/mol. The smallest absolute Gasteiger partial charge is 0.0616 e. The Morgan fingerprint density at radius 3 is 2.43 bits per heavy atom. The van der Waals surface area contributed by atoms with E-state index in [1.54, 1.807) is 0 Å². The Bertz CT molecular complexity index is 70.6. The molecule has 0 saturated heterocycles. The van der Waals surface area contributed by atoms with Gasteiger partial charge in [0.25, 0.3) is 0 Å².